The van der Waals surface area contributed by atoms with E-state index >= 15 is 0 Å². The molecule has 0 radical (unpaired) electrons. The first kappa shape index (κ1) is 18.0. The summed E-state index contributed by atoms with van der Waals surface area (Å²) in [7, 11) is 0. The summed E-state index contributed by atoms with van der Waals surface area (Å²) in [6.07, 6.45) is 2.06. The molecule has 24 heavy (non-hydrogen) atoms. The fourth-order valence-corrected chi connectivity index (χ4v) is 2.36. The molecule has 0 saturated heterocycles. The van der Waals surface area contributed by atoms with Crippen molar-refractivity contribution < 1.29 is 19.1 Å². The number of hydrogen-bond acceptors (Lipinski definition) is 4. The zero-order valence-corrected chi connectivity index (χ0v) is 14.3. The summed E-state index contributed by atoms with van der Waals surface area (Å²) in [5, 5.41) is 9.52. The van der Waals surface area contributed by atoms with Crippen LogP contribution in [0.15, 0.2) is 34.9 Å². The number of carboxylic acids is 1. The van der Waals surface area contributed by atoms with Gasteiger partial charge in [-0.15, -0.1) is 0 Å². The van der Waals surface area contributed by atoms with E-state index in [2.05, 4.69) is 4.98 Å². The van der Waals surface area contributed by atoms with E-state index in [4.69, 9.17) is 21.1 Å². The molecule has 1 aromatic heterocycles. The summed E-state index contributed by atoms with van der Waals surface area (Å²) < 4.78 is 5.64. The first-order valence-corrected chi connectivity index (χ1v) is 7.96. The number of halogens is 1. The molecule has 0 aliphatic carbocycles. The Morgan fingerprint density at radius 3 is 2.54 bits per heavy atom. The standard InChI is InChI=1S/C17H19ClN2O4/c1-11(2)20(10-17(22)23)16(21)8-7-15-19-9-14(24-15)12-3-5-13(18)6-4-12/h3-6,9,11H,7-8,10H2,1-2H3,(H,22,23). The van der Waals surface area contributed by atoms with Gasteiger partial charge in [0.2, 0.25) is 5.91 Å². The molecule has 0 aliphatic heterocycles. The number of rotatable bonds is 7. The van der Waals surface area contributed by atoms with Crippen LogP contribution in [0.25, 0.3) is 11.3 Å². The average Bonchev–Trinajstić information content (AvgIpc) is 2.99. The molecule has 7 heteroatoms. The van der Waals surface area contributed by atoms with Crippen molar-refractivity contribution in [2.75, 3.05) is 6.54 Å². The molecule has 0 bridgehead atoms. The van der Waals surface area contributed by atoms with Crippen molar-refractivity contribution in [3.8, 4) is 11.3 Å². The van der Waals surface area contributed by atoms with Crippen LogP contribution in [0, 0.1) is 0 Å². The minimum Gasteiger partial charge on any atom is -0.480 e. The molecule has 128 valence electrons. The van der Waals surface area contributed by atoms with E-state index in [1.165, 1.54) is 4.90 Å². The van der Waals surface area contributed by atoms with Crippen LogP contribution in [-0.4, -0.2) is 39.5 Å². The lowest BCUT2D eigenvalue weighted by atomic mass is 10.2. The second kappa shape index (κ2) is 7.97. The van der Waals surface area contributed by atoms with E-state index in [1.54, 1.807) is 32.2 Å². The second-order valence-corrected chi connectivity index (χ2v) is 6.07. The van der Waals surface area contributed by atoms with Gasteiger partial charge in [-0.3, -0.25) is 9.59 Å². The lowest BCUT2D eigenvalue weighted by molar-refractivity contribution is -0.145. The summed E-state index contributed by atoms with van der Waals surface area (Å²) in [5.41, 5.74) is 0.846. The second-order valence-electron chi connectivity index (χ2n) is 5.63. The van der Waals surface area contributed by atoms with E-state index < -0.39 is 5.97 Å². The number of hydrogen-bond donors (Lipinski definition) is 1. The minimum atomic E-state index is -1.03. The van der Waals surface area contributed by atoms with Gasteiger partial charge < -0.3 is 14.4 Å². The van der Waals surface area contributed by atoms with E-state index in [0.29, 0.717) is 23.1 Å². The number of nitrogens with zero attached hydrogens (tertiary/aromatic N) is 2. The lowest BCUT2D eigenvalue weighted by Gasteiger charge is -2.24. The third kappa shape index (κ3) is 4.83. The molecule has 6 nitrogen and oxygen atoms in total. The van der Waals surface area contributed by atoms with Gasteiger partial charge in [0, 0.05) is 29.5 Å². The summed E-state index contributed by atoms with van der Waals surface area (Å²) in [6, 6.07) is 6.99. The topological polar surface area (TPSA) is 83.6 Å². The van der Waals surface area contributed by atoms with Crippen LogP contribution in [0.5, 0.6) is 0 Å². The van der Waals surface area contributed by atoms with Gasteiger partial charge in [-0.1, -0.05) is 11.6 Å². The average molecular weight is 351 g/mol. The highest BCUT2D eigenvalue weighted by Crippen LogP contribution is 2.22. The predicted molar refractivity (Wildman–Crippen MR) is 89.8 cm³/mol. The van der Waals surface area contributed by atoms with Crippen molar-refractivity contribution in [3.63, 3.8) is 0 Å². The summed E-state index contributed by atoms with van der Waals surface area (Å²) in [4.78, 5) is 28.5. The maximum absolute atomic E-state index is 12.2. The van der Waals surface area contributed by atoms with Crippen molar-refractivity contribution in [3.05, 3.63) is 41.4 Å². The maximum atomic E-state index is 12.2. The summed E-state index contributed by atoms with van der Waals surface area (Å²) in [5.74, 6) is -0.232. The summed E-state index contributed by atoms with van der Waals surface area (Å²) in [6.45, 7) is 3.26. The van der Waals surface area contributed by atoms with Gasteiger partial charge in [-0.05, 0) is 38.1 Å². The molecule has 0 unspecified atom stereocenters. The third-order valence-electron chi connectivity index (χ3n) is 3.48. The van der Waals surface area contributed by atoms with Crippen LogP contribution < -0.4 is 0 Å². The van der Waals surface area contributed by atoms with Crippen molar-refractivity contribution >= 4 is 23.5 Å². The highest BCUT2D eigenvalue weighted by Gasteiger charge is 2.20. The highest BCUT2D eigenvalue weighted by atomic mass is 35.5. The van der Waals surface area contributed by atoms with Gasteiger partial charge in [-0.2, -0.15) is 0 Å². The van der Waals surface area contributed by atoms with Gasteiger partial charge in [0.1, 0.15) is 6.54 Å². The zero-order chi connectivity index (χ0) is 17.7. The molecule has 0 saturated carbocycles. The van der Waals surface area contributed by atoms with Crippen molar-refractivity contribution in [1.29, 1.82) is 0 Å². The molecule has 1 amide bonds. The Bertz CT molecular complexity index is 710. The van der Waals surface area contributed by atoms with Crippen LogP contribution in [0.4, 0.5) is 0 Å². The number of amides is 1. The number of carbonyl (C=O) groups is 2. The van der Waals surface area contributed by atoms with E-state index in [9.17, 15) is 9.59 Å². The van der Waals surface area contributed by atoms with Gasteiger partial charge in [0.15, 0.2) is 11.7 Å². The highest BCUT2D eigenvalue weighted by molar-refractivity contribution is 6.30. The van der Waals surface area contributed by atoms with Crippen LogP contribution in [0.3, 0.4) is 0 Å². The Kier molecular flexibility index (Phi) is 5.98. The maximum Gasteiger partial charge on any atom is 0.323 e. The lowest BCUT2D eigenvalue weighted by Crippen LogP contribution is -2.40. The molecule has 0 spiro atoms. The van der Waals surface area contributed by atoms with Gasteiger partial charge >= 0.3 is 5.97 Å². The first-order chi connectivity index (χ1) is 11.4. The predicted octanol–water partition coefficient (Wildman–Crippen LogP) is 3.25. The molecular formula is C17H19ClN2O4. The molecule has 1 N–H and O–H groups in total. The molecule has 0 atom stereocenters. The molecule has 0 aliphatic rings. The molecule has 2 aromatic rings. The third-order valence-corrected chi connectivity index (χ3v) is 3.74. The number of aliphatic carboxylic acids is 1. The quantitative estimate of drug-likeness (QED) is 0.828. The Balaban J connectivity index is 1.98. The van der Waals surface area contributed by atoms with Crippen LogP contribution in [-0.2, 0) is 16.0 Å². The van der Waals surface area contributed by atoms with Crippen molar-refractivity contribution in [2.24, 2.45) is 0 Å². The number of oxazole rings is 1. The normalized spacial score (nSPS) is 10.8. The van der Waals surface area contributed by atoms with Crippen molar-refractivity contribution in [1.82, 2.24) is 9.88 Å². The number of carbonyl (C=O) groups excluding carboxylic acids is 1. The number of carboxylic acid groups (broad SMARTS) is 1. The smallest absolute Gasteiger partial charge is 0.323 e. The largest absolute Gasteiger partial charge is 0.480 e. The Morgan fingerprint density at radius 2 is 1.96 bits per heavy atom. The van der Waals surface area contributed by atoms with E-state index in [0.717, 1.165) is 5.56 Å². The number of benzene rings is 1. The first-order valence-electron chi connectivity index (χ1n) is 7.58. The SMILES string of the molecule is CC(C)N(CC(=O)O)C(=O)CCc1ncc(-c2ccc(Cl)cc2)o1. The number of aryl methyl sites for hydroxylation is 1. The molecule has 0 fully saturated rings. The number of aromatic nitrogens is 1. The minimum absolute atomic E-state index is 0.145. The monoisotopic (exact) mass is 350 g/mol. The molecular weight excluding hydrogens is 332 g/mol. The van der Waals surface area contributed by atoms with Gasteiger partial charge in [0.25, 0.3) is 0 Å². The molecule has 2 rings (SSSR count). The van der Waals surface area contributed by atoms with E-state index in [1.807, 2.05) is 12.1 Å². The zero-order valence-electron chi connectivity index (χ0n) is 13.5. The summed E-state index contributed by atoms with van der Waals surface area (Å²) >= 11 is 5.85. The Labute approximate surface area is 145 Å². The molecule has 1 heterocycles. The van der Waals surface area contributed by atoms with Gasteiger partial charge in [0.05, 0.1) is 6.20 Å². The van der Waals surface area contributed by atoms with E-state index in [-0.39, 0.29) is 24.9 Å². The van der Waals surface area contributed by atoms with Crippen molar-refractivity contribution in [2.45, 2.75) is 32.7 Å². The Hall–Kier alpha value is -2.34. The molecule has 1 aromatic carbocycles. The van der Waals surface area contributed by atoms with Crippen LogP contribution in [0.1, 0.15) is 26.2 Å². The fraction of sp³-hybridized carbons (Fsp3) is 0.353. The van der Waals surface area contributed by atoms with Crippen LogP contribution in [0.2, 0.25) is 5.02 Å². The Morgan fingerprint density at radius 1 is 1.29 bits per heavy atom. The van der Waals surface area contributed by atoms with Crippen LogP contribution >= 0.6 is 11.6 Å². The van der Waals surface area contributed by atoms with Gasteiger partial charge in [-0.25, -0.2) is 4.98 Å². The fourth-order valence-electron chi connectivity index (χ4n) is 2.24.